The lowest BCUT2D eigenvalue weighted by molar-refractivity contribution is 1.08. The molecule has 2 aromatic heterocycles. The zero-order chi connectivity index (χ0) is 13.8. The fourth-order valence-corrected chi connectivity index (χ4v) is 1.97. The maximum absolute atomic E-state index is 8.67. The second-order valence-electron chi connectivity index (χ2n) is 4.24. The number of rotatable bonds is 3. The van der Waals surface area contributed by atoms with Gasteiger partial charge in [0.15, 0.2) is 5.69 Å². The standard InChI is InChI=1S/C15H11N5/c16-7-12-9-20-15(10-18-12)19-8-11-5-6-17-14-4-2-1-3-13(11)14/h1-6,9-10H,8H2,(H,19,20). The molecule has 2 heterocycles. The molecule has 0 bridgehead atoms. The minimum atomic E-state index is 0.310. The van der Waals surface area contributed by atoms with Gasteiger partial charge in [-0.3, -0.25) is 4.98 Å². The number of nitrogens with zero attached hydrogens (tertiary/aromatic N) is 4. The van der Waals surface area contributed by atoms with Gasteiger partial charge in [0.05, 0.1) is 17.9 Å². The molecule has 0 radical (unpaired) electrons. The fraction of sp³-hybridized carbons (Fsp3) is 0.0667. The minimum absolute atomic E-state index is 0.310. The number of hydrogen-bond donors (Lipinski definition) is 1. The molecule has 0 aliphatic rings. The van der Waals surface area contributed by atoms with Crippen molar-refractivity contribution >= 4 is 16.7 Å². The van der Waals surface area contributed by atoms with E-state index in [2.05, 4.69) is 20.3 Å². The average Bonchev–Trinajstić information content (AvgIpc) is 2.53. The maximum atomic E-state index is 8.67. The maximum Gasteiger partial charge on any atom is 0.158 e. The number of pyridine rings is 1. The van der Waals surface area contributed by atoms with Gasteiger partial charge in [-0.1, -0.05) is 18.2 Å². The van der Waals surface area contributed by atoms with Crippen molar-refractivity contribution in [1.82, 2.24) is 15.0 Å². The first kappa shape index (κ1) is 12.1. The second kappa shape index (κ2) is 5.33. The minimum Gasteiger partial charge on any atom is -0.365 e. The van der Waals surface area contributed by atoms with Crippen LogP contribution < -0.4 is 5.32 Å². The van der Waals surface area contributed by atoms with E-state index in [4.69, 9.17) is 5.26 Å². The number of anilines is 1. The highest BCUT2D eigenvalue weighted by Gasteiger charge is 2.02. The molecule has 0 saturated heterocycles. The van der Waals surface area contributed by atoms with E-state index in [0.717, 1.165) is 16.5 Å². The number of aromatic nitrogens is 3. The van der Waals surface area contributed by atoms with Crippen molar-refractivity contribution in [3.63, 3.8) is 0 Å². The molecule has 20 heavy (non-hydrogen) atoms. The number of fused-ring (bicyclic) bond motifs is 1. The molecule has 0 saturated carbocycles. The van der Waals surface area contributed by atoms with E-state index in [1.807, 2.05) is 36.4 Å². The summed E-state index contributed by atoms with van der Waals surface area (Å²) >= 11 is 0. The third kappa shape index (κ3) is 2.40. The monoisotopic (exact) mass is 261 g/mol. The van der Waals surface area contributed by atoms with Crippen LogP contribution in [0.1, 0.15) is 11.3 Å². The van der Waals surface area contributed by atoms with Crippen molar-refractivity contribution in [2.45, 2.75) is 6.54 Å². The van der Waals surface area contributed by atoms with Gasteiger partial charge in [-0.25, -0.2) is 9.97 Å². The zero-order valence-corrected chi connectivity index (χ0v) is 10.6. The van der Waals surface area contributed by atoms with E-state index in [1.54, 1.807) is 12.4 Å². The highest BCUT2D eigenvalue weighted by atomic mass is 15.0. The Morgan fingerprint density at radius 3 is 2.75 bits per heavy atom. The van der Waals surface area contributed by atoms with Crippen LogP contribution in [0, 0.1) is 11.3 Å². The van der Waals surface area contributed by atoms with E-state index in [-0.39, 0.29) is 0 Å². The van der Waals surface area contributed by atoms with E-state index >= 15 is 0 Å². The van der Waals surface area contributed by atoms with Gasteiger partial charge in [0.25, 0.3) is 0 Å². The Kier molecular flexibility index (Phi) is 3.21. The lowest BCUT2D eigenvalue weighted by atomic mass is 10.1. The normalized spacial score (nSPS) is 10.2. The first-order chi connectivity index (χ1) is 9.86. The van der Waals surface area contributed by atoms with Crippen LogP contribution in [-0.4, -0.2) is 15.0 Å². The molecule has 0 fully saturated rings. The Bertz CT molecular complexity index is 769. The molecule has 0 amide bonds. The highest BCUT2D eigenvalue weighted by Crippen LogP contribution is 2.17. The Balaban J connectivity index is 1.81. The van der Waals surface area contributed by atoms with Gasteiger partial charge in [0.2, 0.25) is 0 Å². The molecule has 5 nitrogen and oxygen atoms in total. The first-order valence-electron chi connectivity index (χ1n) is 6.15. The van der Waals surface area contributed by atoms with Gasteiger partial charge >= 0.3 is 0 Å². The summed E-state index contributed by atoms with van der Waals surface area (Å²) in [5.41, 5.74) is 2.42. The van der Waals surface area contributed by atoms with Crippen molar-refractivity contribution in [2.24, 2.45) is 0 Å². The summed E-state index contributed by atoms with van der Waals surface area (Å²) < 4.78 is 0. The molecule has 1 N–H and O–H groups in total. The van der Waals surface area contributed by atoms with E-state index < -0.39 is 0 Å². The second-order valence-corrected chi connectivity index (χ2v) is 4.24. The zero-order valence-electron chi connectivity index (χ0n) is 10.6. The number of hydrogen-bond acceptors (Lipinski definition) is 5. The predicted octanol–water partition coefficient (Wildman–Crippen LogP) is 2.51. The summed E-state index contributed by atoms with van der Waals surface area (Å²) in [6.45, 7) is 0.629. The number of benzene rings is 1. The molecule has 0 atom stereocenters. The van der Waals surface area contributed by atoms with E-state index in [0.29, 0.717) is 18.1 Å². The largest absolute Gasteiger partial charge is 0.365 e. The Hall–Kier alpha value is -3.00. The summed E-state index contributed by atoms with van der Waals surface area (Å²) in [6.07, 6.45) is 4.80. The Morgan fingerprint density at radius 1 is 1.05 bits per heavy atom. The Morgan fingerprint density at radius 2 is 1.95 bits per heavy atom. The lowest BCUT2D eigenvalue weighted by Crippen LogP contribution is -2.03. The van der Waals surface area contributed by atoms with Crippen LogP contribution in [0.25, 0.3) is 10.9 Å². The molecular weight excluding hydrogens is 250 g/mol. The Labute approximate surface area is 116 Å². The van der Waals surface area contributed by atoms with Gasteiger partial charge < -0.3 is 5.32 Å². The van der Waals surface area contributed by atoms with Gasteiger partial charge in [-0.05, 0) is 17.7 Å². The van der Waals surface area contributed by atoms with Gasteiger partial charge in [0, 0.05) is 18.1 Å². The molecule has 3 rings (SSSR count). The molecular formula is C15H11N5. The molecule has 96 valence electrons. The van der Waals surface area contributed by atoms with Crippen molar-refractivity contribution in [2.75, 3.05) is 5.32 Å². The van der Waals surface area contributed by atoms with Crippen molar-refractivity contribution < 1.29 is 0 Å². The number of para-hydroxylation sites is 1. The number of nitriles is 1. The number of nitrogens with one attached hydrogen (secondary N) is 1. The molecule has 0 aliphatic heterocycles. The first-order valence-corrected chi connectivity index (χ1v) is 6.15. The summed E-state index contributed by atoms with van der Waals surface area (Å²) in [5.74, 6) is 0.643. The quantitative estimate of drug-likeness (QED) is 0.784. The van der Waals surface area contributed by atoms with Crippen LogP contribution >= 0.6 is 0 Å². The third-order valence-corrected chi connectivity index (χ3v) is 2.97. The van der Waals surface area contributed by atoms with Crippen molar-refractivity contribution in [3.05, 3.63) is 60.2 Å². The van der Waals surface area contributed by atoms with Crippen molar-refractivity contribution in [1.29, 1.82) is 5.26 Å². The average molecular weight is 261 g/mol. The van der Waals surface area contributed by atoms with Gasteiger partial charge in [-0.2, -0.15) is 5.26 Å². The van der Waals surface area contributed by atoms with Crippen molar-refractivity contribution in [3.8, 4) is 6.07 Å². The fourth-order valence-electron chi connectivity index (χ4n) is 1.97. The van der Waals surface area contributed by atoms with Gasteiger partial charge in [-0.15, -0.1) is 0 Å². The smallest absolute Gasteiger partial charge is 0.158 e. The molecule has 0 spiro atoms. The molecule has 1 aromatic carbocycles. The molecule has 5 heteroatoms. The van der Waals surface area contributed by atoms with Crippen LogP contribution in [0.3, 0.4) is 0 Å². The molecule has 3 aromatic rings. The third-order valence-electron chi connectivity index (χ3n) is 2.97. The molecule has 0 unspecified atom stereocenters. The van der Waals surface area contributed by atoms with Crippen LogP contribution in [-0.2, 0) is 6.54 Å². The van der Waals surface area contributed by atoms with Gasteiger partial charge in [0.1, 0.15) is 11.9 Å². The SMILES string of the molecule is N#Cc1cnc(NCc2ccnc3ccccc23)cn1. The van der Waals surface area contributed by atoms with E-state index in [1.165, 1.54) is 6.20 Å². The van der Waals surface area contributed by atoms with Crippen LogP contribution in [0.2, 0.25) is 0 Å². The van der Waals surface area contributed by atoms with Crippen LogP contribution in [0.5, 0.6) is 0 Å². The summed E-state index contributed by atoms with van der Waals surface area (Å²) in [6, 6.07) is 11.9. The highest BCUT2D eigenvalue weighted by molar-refractivity contribution is 5.82. The summed E-state index contributed by atoms with van der Waals surface area (Å²) in [5, 5.41) is 13.0. The lowest BCUT2D eigenvalue weighted by Gasteiger charge is -2.07. The van der Waals surface area contributed by atoms with Crippen LogP contribution in [0.15, 0.2) is 48.9 Å². The predicted molar refractivity (Wildman–Crippen MR) is 75.8 cm³/mol. The van der Waals surface area contributed by atoms with E-state index in [9.17, 15) is 0 Å². The summed E-state index contributed by atoms with van der Waals surface area (Å²) in [7, 11) is 0. The topological polar surface area (TPSA) is 74.5 Å². The molecule has 0 aliphatic carbocycles. The van der Waals surface area contributed by atoms with Crippen LogP contribution in [0.4, 0.5) is 5.82 Å². The summed E-state index contributed by atoms with van der Waals surface area (Å²) in [4.78, 5) is 12.4.